The topological polar surface area (TPSA) is 51.8 Å². The summed E-state index contributed by atoms with van der Waals surface area (Å²) in [5, 5.41) is 3.40. The van der Waals surface area contributed by atoms with Gasteiger partial charge in [-0.05, 0) is 65.7 Å². The largest absolute Gasteiger partial charge is 0.486 e. The summed E-state index contributed by atoms with van der Waals surface area (Å²) >= 11 is 1.93. The Morgan fingerprint density at radius 2 is 1.61 bits per heavy atom. The number of thiophene rings is 1. The fourth-order valence-electron chi connectivity index (χ4n) is 6.12. The Labute approximate surface area is 276 Å². The molecule has 7 aromatic rings. The molecule has 0 amide bonds. The van der Waals surface area contributed by atoms with E-state index >= 15 is 0 Å². The minimum atomic E-state index is 0. The van der Waals surface area contributed by atoms with Gasteiger partial charge in [-0.2, -0.15) is 0 Å². The molecule has 0 spiro atoms. The molecule has 8 rings (SSSR count). The van der Waals surface area contributed by atoms with Crippen molar-refractivity contribution < 1.29 is 24.5 Å². The van der Waals surface area contributed by atoms with E-state index in [2.05, 4.69) is 74.2 Å². The predicted octanol–water partition coefficient (Wildman–Crippen LogP) is 10.3. The molecule has 44 heavy (non-hydrogen) atoms. The molecular weight excluding hydrogens is 739 g/mol. The van der Waals surface area contributed by atoms with E-state index in [-0.39, 0.29) is 30.9 Å². The molecule has 4 nitrogen and oxygen atoms in total. The van der Waals surface area contributed by atoms with Gasteiger partial charge in [0, 0.05) is 58.5 Å². The number of benzene rings is 2. The molecule has 223 valence electrons. The van der Waals surface area contributed by atoms with Crippen LogP contribution in [0.2, 0.25) is 0 Å². The minimum Gasteiger partial charge on any atom is -0.486 e. The molecule has 0 fully saturated rings. The molecular formula is C38H33IrN3OS-2. The summed E-state index contributed by atoms with van der Waals surface area (Å²) in [6, 6.07) is 30.5. The van der Waals surface area contributed by atoms with Gasteiger partial charge in [0.2, 0.25) is 5.71 Å². The molecule has 0 saturated carbocycles. The molecule has 0 bridgehead atoms. The van der Waals surface area contributed by atoms with Crippen LogP contribution in [0.4, 0.5) is 0 Å². The van der Waals surface area contributed by atoms with Gasteiger partial charge in [0.25, 0.3) is 0 Å². The maximum absolute atomic E-state index is 6.20. The van der Waals surface area contributed by atoms with Crippen molar-refractivity contribution in [1.29, 1.82) is 0 Å². The first kappa shape index (κ1) is 30.3. The van der Waals surface area contributed by atoms with E-state index in [0.29, 0.717) is 5.71 Å². The summed E-state index contributed by atoms with van der Waals surface area (Å²) in [6.07, 6.45) is 6.29. The molecule has 0 atom stereocenters. The van der Waals surface area contributed by atoms with Crippen LogP contribution < -0.4 is 0 Å². The van der Waals surface area contributed by atoms with Crippen molar-refractivity contribution in [2.75, 3.05) is 0 Å². The zero-order valence-electron chi connectivity index (χ0n) is 25.5. The summed E-state index contributed by atoms with van der Waals surface area (Å²) in [5.41, 5.74) is 8.14. The van der Waals surface area contributed by atoms with Crippen LogP contribution in [0.15, 0.2) is 89.6 Å². The maximum atomic E-state index is 6.20. The van der Waals surface area contributed by atoms with Gasteiger partial charge in [-0.3, -0.25) is 0 Å². The molecule has 0 unspecified atom stereocenters. The van der Waals surface area contributed by atoms with Crippen molar-refractivity contribution in [1.82, 2.24) is 15.0 Å². The fourth-order valence-corrected chi connectivity index (χ4v) is 7.64. The van der Waals surface area contributed by atoms with Gasteiger partial charge in [0.1, 0.15) is 0 Å². The summed E-state index contributed by atoms with van der Waals surface area (Å²) in [6.45, 7) is 11.5. The number of hydrogen-bond donors (Lipinski definition) is 0. The smallest absolute Gasteiger partial charge is 0.216 e. The summed E-state index contributed by atoms with van der Waals surface area (Å²) in [7, 11) is 0. The van der Waals surface area contributed by atoms with Gasteiger partial charge in [-0.1, -0.05) is 56.8 Å². The number of nitrogens with zero attached hydrogens (tertiary/aromatic N) is 3. The second-order valence-electron chi connectivity index (χ2n) is 12.6. The Kier molecular flexibility index (Phi) is 8.04. The molecule has 1 aliphatic carbocycles. The van der Waals surface area contributed by atoms with Gasteiger partial charge < -0.3 is 14.4 Å². The van der Waals surface area contributed by atoms with E-state index < -0.39 is 0 Å². The minimum absolute atomic E-state index is 0. The van der Waals surface area contributed by atoms with E-state index in [0.717, 1.165) is 44.6 Å². The number of aromatic nitrogens is 3. The van der Waals surface area contributed by atoms with Crippen LogP contribution in [-0.4, -0.2) is 15.0 Å². The zero-order valence-corrected chi connectivity index (χ0v) is 28.7. The van der Waals surface area contributed by atoms with E-state index in [4.69, 9.17) is 9.40 Å². The van der Waals surface area contributed by atoms with Crippen LogP contribution in [-0.2, 0) is 30.9 Å². The average molecular weight is 772 g/mol. The first-order valence-electron chi connectivity index (χ1n) is 14.7. The second kappa shape index (κ2) is 11.7. The normalized spacial score (nSPS) is 14.9. The molecule has 1 aliphatic rings. The summed E-state index contributed by atoms with van der Waals surface area (Å²) in [4.78, 5) is 15.2. The summed E-state index contributed by atoms with van der Waals surface area (Å²) < 4.78 is 7.50. The first-order chi connectivity index (χ1) is 20.7. The number of furan rings is 1. The first-order valence-corrected chi connectivity index (χ1v) is 15.6. The summed E-state index contributed by atoms with van der Waals surface area (Å²) in [5.74, 6) is 0. The van der Waals surface area contributed by atoms with Gasteiger partial charge >= 0.3 is 0 Å². The Morgan fingerprint density at radius 1 is 0.795 bits per heavy atom. The standard InChI is InChI=1S/C27H25N2OS.C11H8N.Ir/c1-15-9-10-17-16-7-6-8-18(23(16)30-25(17)29-15)20-13-21-19(14-28-20)22-24(31-21)27(4,5)12-11-26(22,2)3;1-2-6-10(7-3-1)11-8-4-5-9-12-11;/h6-7,9-10,13-14H,11-12H2,1-5H3;1-6,8-9H;/q2*-1;. The number of rotatable bonds is 2. The van der Waals surface area contributed by atoms with Crippen molar-refractivity contribution in [3.8, 4) is 22.5 Å². The van der Waals surface area contributed by atoms with Crippen molar-refractivity contribution in [2.24, 2.45) is 0 Å². The van der Waals surface area contributed by atoms with E-state index in [9.17, 15) is 0 Å². The molecule has 5 aromatic heterocycles. The average Bonchev–Trinajstić information content (AvgIpc) is 3.60. The van der Waals surface area contributed by atoms with Crippen LogP contribution in [0.3, 0.4) is 0 Å². The van der Waals surface area contributed by atoms with Crippen molar-refractivity contribution >= 4 is 43.5 Å². The monoisotopic (exact) mass is 772 g/mol. The Morgan fingerprint density at radius 3 is 2.39 bits per heavy atom. The molecule has 1 radical (unpaired) electrons. The third-order valence-corrected chi connectivity index (χ3v) is 10.1. The molecule has 0 saturated heterocycles. The quantitative estimate of drug-likeness (QED) is 0.164. The molecule has 0 N–H and O–H groups in total. The van der Waals surface area contributed by atoms with Gasteiger partial charge in [-0.25, -0.2) is 4.98 Å². The van der Waals surface area contributed by atoms with E-state index in [1.54, 1.807) is 6.20 Å². The Balaban J connectivity index is 0.000000222. The number of pyridine rings is 3. The second-order valence-corrected chi connectivity index (χ2v) is 13.7. The van der Waals surface area contributed by atoms with E-state index in [1.165, 1.54) is 33.4 Å². The van der Waals surface area contributed by atoms with Gasteiger partial charge in [-0.15, -0.1) is 65.4 Å². The van der Waals surface area contributed by atoms with Crippen LogP contribution in [0.1, 0.15) is 56.7 Å². The van der Waals surface area contributed by atoms with Crippen molar-refractivity contribution in [2.45, 2.75) is 58.3 Å². The third-order valence-electron chi connectivity index (χ3n) is 8.58. The maximum Gasteiger partial charge on any atom is 0.216 e. The molecule has 6 heteroatoms. The molecule has 5 heterocycles. The van der Waals surface area contributed by atoms with Gasteiger partial charge in [0.15, 0.2) is 0 Å². The Bertz CT molecular complexity index is 2060. The van der Waals surface area contributed by atoms with Crippen LogP contribution >= 0.6 is 11.3 Å². The van der Waals surface area contributed by atoms with E-state index in [1.807, 2.05) is 72.9 Å². The van der Waals surface area contributed by atoms with Gasteiger partial charge in [0.05, 0.1) is 5.58 Å². The van der Waals surface area contributed by atoms with Crippen LogP contribution in [0, 0.1) is 19.1 Å². The number of hydrogen-bond acceptors (Lipinski definition) is 5. The molecule has 0 aliphatic heterocycles. The third kappa shape index (κ3) is 5.40. The SMILES string of the molecule is Cc1ccc2c(n1)oc1c(-c3cc4sc5c(c4cn3)C(C)(C)CCC5(C)C)[c-]ccc12.[Ir].[c-]1ccccc1-c1ccccn1. The Hall–Kier alpha value is -3.70. The number of fused-ring (bicyclic) bond motifs is 6. The molecule has 2 aromatic carbocycles. The fraction of sp³-hybridized carbons (Fsp3) is 0.237. The van der Waals surface area contributed by atoms with Crippen LogP contribution in [0.5, 0.6) is 0 Å². The van der Waals surface area contributed by atoms with Crippen molar-refractivity contribution in [3.63, 3.8) is 0 Å². The zero-order chi connectivity index (χ0) is 29.8. The number of aryl methyl sites for hydroxylation is 1. The van der Waals surface area contributed by atoms with Crippen LogP contribution in [0.25, 0.3) is 54.7 Å². The predicted molar refractivity (Wildman–Crippen MR) is 177 cm³/mol. The van der Waals surface area contributed by atoms with Crippen molar-refractivity contribution in [3.05, 3.63) is 113 Å².